The van der Waals surface area contributed by atoms with Crippen molar-refractivity contribution in [2.24, 2.45) is 5.92 Å². The first-order chi connectivity index (χ1) is 6.36. The van der Waals surface area contributed by atoms with E-state index in [0.29, 0.717) is 12.2 Å². The summed E-state index contributed by atoms with van der Waals surface area (Å²) in [4.78, 5) is 30.6. The fourth-order valence-corrected chi connectivity index (χ4v) is 0.629. The lowest BCUT2D eigenvalue weighted by atomic mass is 10.0. The minimum atomic E-state index is -2.04. The largest absolute Gasteiger partial charge is 0.480 e. The van der Waals surface area contributed by atoms with E-state index >= 15 is 0 Å². The van der Waals surface area contributed by atoms with E-state index in [-0.39, 0.29) is 0 Å². The van der Waals surface area contributed by atoms with Gasteiger partial charge in [-0.2, -0.15) is 0 Å². The highest BCUT2D eigenvalue weighted by molar-refractivity contribution is 6.19. The summed E-state index contributed by atoms with van der Waals surface area (Å²) < 4.78 is 0. The summed E-state index contributed by atoms with van der Waals surface area (Å²) in [5.74, 6) is -6.84. The fraction of sp³-hybridized carbons (Fsp3) is 0.143. The molecular formula is C7H7NO6. The van der Waals surface area contributed by atoms with Gasteiger partial charge in [-0.15, -0.1) is 0 Å². The van der Waals surface area contributed by atoms with Gasteiger partial charge in [-0.1, -0.05) is 0 Å². The van der Waals surface area contributed by atoms with Gasteiger partial charge in [0.25, 0.3) is 0 Å². The molecule has 0 aromatic carbocycles. The Kier molecular flexibility index (Phi) is 4.01. The summed E-state index contributed by atoms with van der Waals surface area (Å²) in [5, 5.41) is 31.9. The molecule has 0 atom stereocenters. The van der Waals surface area contributed by atoms with Gasteiger partial charge in [0.15, 0.2) is 5.92 Å². The van der Waals surface area contributed by atoms with Crippen molar-refractivity contribution >= 4 is 23.6 Å². The van der Waals surface area contributed by atoms with Crippen LogP contribution < -0.4 is 0 Å². The zero-order chi connectivity index (χ0) is 11.3. The van der Waals surface area contributed by atoms with Crippen LogP contribution in [0.15, 0.2) is 12.2 Å². The predicted molar refractivity (Wildman–Crippen MR) is 43.3 cm³/mol. The molecule has 0 unspecified atom stereocenters. The highest BCUT2D eigenvalue weighted by atomic mass is 16.4. The Labute approximate surface area is 77.8 Å². The smallest absolute Gasteiger partial charge is 0.328 e. The molecule has 0 rings (SSSR count). The van der Waals surface area contributed by atoms with Gasteiger partial charge in [-0.05, 0) is 6.08 Å². The Hall–Kier alpha value is -2.18. The maximum Gasteiger partial charge on any atom is 0.328 e. The first kappa shape index (κ1) is 11.8. The van der Waals surface area contributed by atoms with Crippen LogP contribution in [0.2, 0.25) is 0 Å². The van der Waals surface area contributed by atoms with Gasteiger partial charge in [0.1, 0.15) is 0 Å². The topological polar surface area (TPSA) is 136 Å². The predicted octanol–water partition coefficient (Wildman–Crippen LogP) is -0.568. The molecule has 4 N–H and O–H groups in total. The van der Waals surface area contributed by atoms with Gasteiger partial charge >= 0.3 is 17.9 Å². The molecule has 0 saturated heterocycles. The van der Waals surface area contributed by atoms with E-state index in [4.69, 9.17) is 20.7 Å². The molecule has 14 heavy (non-hydrogen) atoms. The molecule has 0 aromatic heterocycles. The fourth-order valence-electron chi connectivity index (χ4n) is 0.629. The van der Waals surface area contributed by atoms with Gasteiger partial charge in [0.2, 0.25) is 0 Å². The number of carboxylic acids is 3. The SMILES string of the molecule is N=C(C=CC(=O)O)C(C(=O)O)C(=O)O. The van der Waals surface area contributed by atoms with Crippen LogP contribution in [0, 0.1) is 11.3 Å². The number of rotatable bonds is 5. The average molecular weight is 201 g/mol. The Balaban J connectivity index is 4.71. The van der Waals surface area contributed by atoms with Crippen molar-refractivity contribution in [3.63, 3.8) is 0 Å². The molecule has 76 valence electrons. The highest BCUT2D eigenvalue weighted by Gasteiger charge is 2.29. The Morgan fingerprint density at radius 2 is 1.43 bits per heavy atom. The molecule has 0 fully saturated rings. The molecule has 7 heteroatoms. The highest BCUT2D eigenvalue weighted by Crippen LogP contribution is 2.01. The van der Waals surface area contributed by atoms with Crippen LogP contribution >= 0.6 is 0 Å². The summed E-state index contributed by atoms with van der Waals surface area (Å²) in [6, 6.07) is 0. The molecule has 0 radical (unpaired) electrons. The van der Waals surface area contributed by atoms with Gasteiger partial charge < -0.3 is 20.7 Å². The van der Waals surface area contributed by atoms with Crippen molar-refractivity contribution < 1.29 is 29.7 Å². The number of carbonyl (C=O) groups is 3. The number of aliphatic carboxylic acids is 3. The minimum absolute atomic E-state index is 0.501. The molecular weight excluding hydrogens is 194 g/mol. The summed E-state index contributed by atoms with van der Waals surface area (Å²) >= 11 is 0. The van der Waals surface area contributed by atoms with Crippen LogP contribution in [0.5, 0.6) is 0 Å². The number of hydrogen-bond donors (Lipinski definition) is 4. The van der Waals surface area contributed by atoms with E-state index in [2.05, 4.69) is 0 Å². The van der Waals surface area contributed by atoms with E-state index in [1.807, 2.05) is 0 Å². The summed E-state index contributed by atoms with van der Waals surface area (Å²) in [7, 11) is 0. The van der Waals surface area contributed by atoms with Crippen molar-refractivity contribution in [1.29, 1.82) is 5.41 Å². The van der Waals surface area contributed by atoms with Crippen LogP contribution in [0.3, 0.4) is 0 Å². The van der Waals surface area contributed by atoms with Crippen molar-refractivity contribution in [2.75, 3.05) is 0 Å². The minimum Gasteiger partial charge on any atom is -0.480 e. The lowest BCUT2D eigenvalue weighted by molar-refractivity contribution is -0.150. The van der Waals surface area contributed by atoms with Crippen LogP contribution in [-0.4, -0.2) is 38.9 Å². The van der Waals surface area contributed by atoms with Crippen LogP contribution in [0.1, 0.15) is 0 Å². The molecule has 0 aliphatic rings. The summed E-state index contributed by atoms with van der Waals surface area (Å²) in [6.45, 7) is 0. The van der Waals surface area contributed by atoms with Gasteiger partial charge in [0.05, 0.1) is 5.71 Å². The van der Waals surface area contributed by atoms with E-state index in [9.17, 15) is 14.4 Å². The molecule has 0 bridgehead atoms. The zero-order valence-electron chi connectivity index (χ0n) is 6.80. The normalized spacial score (nSPS) is 10.4. The summed E-state index contributed by atoms with van der Waals surface area (Å²) in [5.41, 5.74) is -0.799. The first-order valence-electron chi connectivity index (χ1n) is 3.31. The van der Waals surface area contributed by atoms with Crippen LogP contribution in [0.4, 0.5) is 0 Å². The van der Waals surface area contributed by atoms with Crippen molar-refractivity contribution in [2.45, 2.75) is 0 Å². The van der Waals surface area contributed by atoms with Crippen molar-refractivity contribution in [1.82, 2.24) is 0 Å². The van der Waals surface area contributed by atoms with E-state index < -0.39 is 29.5 Å². The maximum atomic E-state index is 10.3. The summed E-state index contributed by atoms with van der Waals surface area (Å²) in [6.07, 6.45) is 1.12. The van der Waals surface area contributed by atoms with Gasteiger partial charge in [-0.25, -0.2) is 4.79 Å². The van der Waals surface area contributed by atoms with E-state index in [1.165, 1.54) is 0 Å². The third kappa shape index (κ3) is 3.48. The van der Waals surface area contributed by atoms with E-state index in [1.54, 1.807) is 0 Å². The van der Waals surface area contributed by atoms with E-state index in [0.717, 1.165) is 0 Å². The van der Waals surface area contributed by atoms with Gasteiger partial charge in [-0.3, -0.25) is 9.59 Å². The molecule has 0 saturated carbocycles. The third-order valence-electron chi connectivity index (χ3n) is 1.21. The first-order valence-corrected chi connectivity index (χ1v) is 3.31. The number of hydrogen-bond acceptors (Lipinski definition) is 4. The molecule has 7 nitrogen and oxygen atoms in total. The second-order valence-corrected chi connectivity index (χ2v) is 2.24. The monoisotopic (exact) mass is 201 g/mol. The molecule has 0 aliphatic carbocycles. The average Bonchev–Trinajstić information content (AvgIpc) is 1.99. The molecule has 0 spiro atoms. The maximum absolute atomic E-state index is 10.3. The second kappa shape index (κ2) is 4.75. The molecule has 0 aromatic rings. The lowest BCUT2D eigenvalue weighted by Gasteiger charge is -2.03. The van der Waals surface area contributed by atoms with Crippen molar-refractivity contribution in [3.8, 4) is 0 Å². The number of allylic oxidation sites excluding steroid dienone is 1. The second-order valence-electron chi connectivity index (χ2n) is 2.24. The quantitative estimate of drug-likeness (QED) is 0.267. The Morgan fingerprint density at radius 3 is 1.71 bits per heavy atom. The molecule has 0 aliphatic heterocycles. The van der Waals surface area contributed by atoms with Crippen LogP contribution in [-0.2, 0) is 14.4 Å². The third-order valence-corrected chi connectivity index (χ3v) is 1.21. The zero-order valence-corrected chi connectivity index (χ0v) is 6.80. The Bertz CT molecular complexity index is 304. The van der Waals surface area contributed by atoms with Crippen molar-refractivity contribution in [3.05, 3.63) is 12.2 Å². The Morgan fingerprint density at radius 1 is 1.00 bits per heavy atom. The number of nitrogens with one attached hydrogen (secondary N) is 1. The standard InChI is InChI=1S/C7H7NO6/c8-3(1-2-4(9)10)5(6(11)12)7(13)14/h1-2,5,8H,(H,9,10)(H,11,12)(H,13,14). The lowest BCUT2D eigenvalue weighted by Crippen LogP contribution is -2.30. The van der Waals surface area contributed by atoms with Crippen LogP contribution in [0.25, 0.3) is 0 Å². The number of carboxylic acid groups (broad SMARTS) is 3. The molecule has 0 heterocycles. The molecule has 0 amide bonds. The van der Waals surface area contributed by atoms with Gasteiger partial charge in [0, 0.05) is 6.08 Å².